The van der Waals surface area contributed by atoms with Crippen LogP contribution in [0.25, 0.3) is 0 Å². The van der Waals surface area contributed by atoms with Gasteiger partial charge in [-0.1, -0.05) is 28.1 Å². The van der Waals surface area contributed by atoms with Gasteiger partial charge in [0.2, 0.25) is 0 Å². The third-order valence-electron chi connectivity index (χ3n) is 2.30. The fourth-order valence-corrected chi connectivity index (χ4v) is 1.78. The average molecular weight is 328 g/mol. The van der Waals surface area contributed by atoms with Crippen molar-refractivity contribution in [3.63, 3.8) is 0 Å². The number of carbonyl (C=O) groups is 2. The fourth-order valence-electron chi connectivity index (χ4n) is 1.52. The van der Waals surface area contributed by atoms with Crippen molar-refractivity contribution in [2.45, 2.75) is 38.8 Å². The maximum Gasteiger partial charge on any atom is 0.408 e. The first-order chi connectivity index (χ1) is 8.81. The highest BCUT2D eigenvalue weighted by atomic mass is 79.9. The van der Waals surface area contributed by atoms with Crippen molar-refractivity contribution < 1.29 is 14.3 Å². The van der Waals surface area contributed by atoms with Crippen molar-refractivity contribution in [2.75, 3.05) is 0 Å². The van der Waals surface area contributed by atoms with E-state index in [-0.39, 0.29) is 12.5 Å². The van der Waals surface area contributed by atoms with Crippen LogP contribution in [-0.2, 0) is 9.53 Å². The molecule has 1 N–H and O–H groups in total. The van der Waals surface area contributed by atoms with Crippen LogP contribution in [0.3, 0.4) is 0 Å². The molecule has 5 heteroatoms. The molecule has 1 aromatic carbocycles. The standard InChI is InChI=1S/C14H18BrNO3/c1-14(2,3)19-13(18)16-12(8-9-17)10-4-6-11(15)7-5-10/h4-7,9,12H,8H2,1-3H3,(H,16,18)/t12-/m0/s1. The Bertz CT molecular complexity index is 437. The van der Waals surface area contributed by atoms with Gasteiger partial charge in [-0.15, -0.1) is 0 Å². The highest BCUT2D eigenvalue weighted by Gasteiger charge is 2.20. The van der Waals surface area contributed by atoms with Gasteiger partial charge in [-0.05, 0) is 38.5 Å². The molecule has 104 valence electrons. The molecule has 0 bridgehead atoms. The minimum absolute atomic E-state index is 0.209. The Morgan fingerprint density at radius 2 is 1.95 bits per heavy atom. The number of carbonyl (C=O) groups excluding carboxylic acids is 2. The molecule has 0 saturated carbocycles. The lowest BCUT2D eigenvalue weighted by molar-refractivity contribution is -0.108. The zero-order valence-electron chi connectivity index (χ0n) is 11.3. The summed E-state index contributed by atoms with van der Waals surface area (Å²) in [6.45, 7) is 5.38. The Hall–Kier alpha value is -1.36. The third-order valence-corrected chi connectivity index (χ3v) is 2.82. The highest BCUT2D eigenvalue weighted by Crippen LogP contribution is 2.19. The van der Waals surface area contributed by atoms with E-state index in [9.17, 15) is 9.59 Å². The smallest absolute Gasteiger partial charge is 0.408 e. The second kappa shape index (κ2) is 6.70. The summed E-state index contributed by atoms with van der Waals surface area (Å²) < 4.78 is 6.13. The molecule has 0 aliphatic carbocycles. The van der Waals surface area contributed by atoms with Crippen LogP contribution in [0.4, 0.5) is 4.79 Å². The van der Waals surface area contributed by atoms with Gasteiger partial charge < -0.3 is 14.8 Å². The number of benzene rings is 1. The lowest BCUT2D eigenvalue weighted by Crippen LogP contribution is -2.35. The van der Waals surface area contributed by atoms with Gasteiger partial charge in [0.25, 0.3) is 0 Å². The zero-order valence-corrected chi connectivity index (χ0v) is 12.9. The lowest BCUT2D eigenvalue weighted by Gasteiger charge is -2.23. The van der Waals surface area contributed by atoms with Crippen LogP contribution < -0.4 is 5.32 Å². The molecule has 1 rings (SSSR count). The molecule has 0 fully saturated rings. The average Bonchev–Trinajstić information content (AvgIpc) is 2.27. The summed E-state index contributed by atoms with van der Waals surface area (Å²) in [5.41, 5.74) is 0.302. The van der Waals surface area contributed by atoms with Crippen molar-refractivity contribution in [3.8, 4) is 0 Å². The summed E-state index contributed by atoms with van der Waals surface area (Å²) in [5, 5.41) is 2.70. The molecule has 0 saturated heterocycles. The van der Waals surface area contributed by atoms with Crippen molar-refractivity contribution in [1.29, 1.82) is 0 Å². The molecule has 19 heavy (non-hydrogen) atoms. The van der Waals surface area contributed by atoms with Gasteiger partial charge in [-0.25, -0.2) is 4.79 Å². The number of halogens is 1. The van der Waals surface area contributed by atoms with Crippen molar-refractivity contribution >= 4 is 28.3 Å². The predicted octanol–water partition coefficient (Wildman–Crippen LogP) is 3.60. The maximum atomic E-state index is 11.7. The van der Waals surface area contributed by atoms with Crippen LogP contribution in [0.15, 0.2) is 28.7 Å². The van der Waals surface area contributed by atoms with Crippen LogP contribution in [0.1, 0.15) is 38.8 Å². The zero-order chi connectivity index (χ0) is 14.5. The van der Waals surface area contributed by atoms with E-state index in [0.717, 1.165) is 16.3 Å². The number of aldehydes is 1. The van der Waals surface area contributed by atoms with E-state index in [0.29, 0.717) is 0 Å². The number of amides is 1. The van der Waals surface area contributed by atoms with Crippen LogP contribution in [0.5, 0.6) is 0 Å². The van der Waals surface area contributed by atoms with Crippen LogP contribution in [0.2, 0.25) is 0 Å². The molecule has 1 atom stereocenters. The lowest BCUT2D eigenvalue weighted by atomic mass is 10.0. The van der Waals surface area contributed by atoms with Gasteiger partial charge in [0.1, 0.15) is 11.9 Å². The van der Waals surface area contributed by atoms with Crippen LogP contribution >= 0.6 is 15.9 Å². The molecule has 0 unspecified atom stereocenters. The molecule has 4 nitrogen and oxygen atoms in total. The number of alkyl carbamates (subject to hydrolysis) is 1. The van der Waals surface area contributed by atoms with Gasteiger partial charge in [0.15, 0.2) is 0 Å². The monoisotopic (exact) mass is 327 g/mol. The molecule has 0 spiro atoms. The molecule has 1 amide bonds. The minimum Gasteiger partial charge on any atom is -0.444 e. The maximum absolute atomic E-state index is 11.7. The normalized spacial score (nSPS) is 12.6. The quantitative estimate of drug-likeness (QED) is 0.859. The summed E-state index contributed by atoms with van der Waals surface area (Å²) in [7, 11) is 0. The Balaban J connectivity index is 2.75. The van der Waals surface area contributed by atoms with Gasteiger partial charge >= 0.3 is 6.09 Å². The van der Waals surface area contributed by atoms with E-state index in [1.54, 1.807) is 20.8 Å². The first-order valence-electron chi connectivity index (χ1n) is 6.00. The second-order valence-electron chi connectivity index (χ2n) is 5.15. The molecule has 0 aliphatic heterocycles. The van der Waals surface area contributed by atoms with Gasteiger partial charge in [0.05, 0.1) is 6.04 Å². The topological polar surface area (TPSA) is 55.4 Å². The van der Waals surface area contributed by atoms with Gasteiger partial charge in [-0.3, -0.25) is 0 Å². The number of nitrogens with one attached hydrogen (secondary N) is 1. The number of hydrogen-bond acceptors (Lipinski definition) is 3. The molecular formula is C14H18BrNO3. The molecule has 0 heterocycles. The van der Waals surface area contributed by atoms with E-state index >= 15 is 0 Å². The van der Waals surface area contributed by atoms with E-state index in [1.807, 2.05) is 24.3 Å². The summed E-state index contributed by atoms with van der Waals surface area (Å²) >= 11 is 3.34. The van der Waals surface area contributed by atoms with Crippen LogP contribution in [-0.4, -0.2) is 18.0 Å². The van der Waals surface area contributed by atoms with Crippen molar-refractivity contribution in [1.82, 2.24) is 5.32 Å². The first-order valence-corrected chi connectivity index (χ1v) is 6.80. The Kier molecular flexibility index (Phi) is 5.54. The summed E-state index contributed by atoms with van der Waals surface area (Å²) in [4.78, 5) is 22.4. The largest absolute Gasteiger partial charge is 0.444 e. The van der Waals surface area contributed by atoms with E-state index < -0.39 is 11.7 Å². The van der Waals surface area contributed by atoms with Gasteiger partial charge in [0, 0.05) is 10.9 Å². The summed E-state index contributed by atoms with van der Waals surface area (Å²) in [6, 6.07) is 7.07. The second-order valence-corrected chi connectivity index (χ2v) is 6.07. The number of rotatable bonds is 4. The summed E-state index contributed by atoms with van der Waals surface area (Å²) in [6.07, 6.45) is 0.465. The first kappa shape index (κ1) is 15.7. The Labute approximate surface area is 121 Å². The molecular weight excluding hydrogens is 310 g/mol. The predicted molar refractivity (Wildman–Crippen MR) is 76.9 cm³/mol. The number of ether oxygens (including phenoxy) is 1. The third kappa shape index (κ3) is 5.87. The molecule has 0 aromatic heterocycles. The number of hydrogen-bond donors (Lipinski definition) is 1. The van der Waals surface area contributed by atoms with Gasteiger partial charge in [-0.2, -0.15) is 0 Å². The van der Waals surface area contributed by atoms with Crippen molar-refractivity contribution in [3.05, 3.63) is 34.3 Å². The molecule has 0 radical (unpaired) electrons. The minimum atomic E-state index is -0.560. The Morgan fingerprint density at radius 1 is 1.37 bits per heavy atom. The summed E-state index contributed by atoms with van der Waals surface area (Å²) in [5.74, 6) is 0. The SMILES string of the molecule is CC(C)(C)OC(=O)N[C@@H](CC=O)c1ccc(Br)cc1. The fraction of sp³-hybridized carbons (Fsp3) is 0.429. The van der Waals surface area contributed by atoms with E-state index in [1.165, 1.54) is 0 Å². The van der Waals surface area contributed by atoms with Crippen molar-refractivity contribution in [2.24, 2.45) is 0 Å². The van der Waals surface area contributed by atoms with E-state index in [4.69, 9.17) is 4.74 Å². The van der Waals surface area contributed by atoms with Crippen LogP contribution in [0, 0.1) is 0 Å². The Morgan fingerprint density at radius 3 is 2.42 bits per heavy atom. The molecule has 0 aliphatic rings. The molecule has 1 aromatic rings. The highest BCUT2D eigenvalue weighted by molar-refractivity contribution is 9.10. The van der Waals surface area contributed by atoms with E-state index in [2.05, 4.69) is 21.2 Å².